The molecule has 158 valence electrons. The van der Waals surface area contributed by atoms with E-state index in [1.54, 1.807) is 0 Å². The maximum atomic E-state index is 12.3. The van der Waals surface area contributed by atoms with E-state index in [0.29, 0.717) is 0 Å². The van der Waals surface area contributed by atoms with Crippen LogP contribution in [0.3, 0.4) is 0 Å². The molecule has 0 aromatic rings. The fourth-order valence-corrected chi connectivity index (χ4v) is 2.04. The summed E-state index contributed by atoms with van der Waals surface area (Å²) in [5.41, 5.74) is 10.5. The average Bonchev–Trinajstić information content (AvgIpc) is 2.58. The highest BCUT2D eigenvalue weighted by Crippen LogP contribution is 2.04. The van der Waals surface area contributed by atoms with E-state index in [1.807, 2.05) is 0 Å². The molecule has 0 aliphatic heterocycles. The number of aliphatic carboxylic acids is 3. The van der Waals surface area contributed by atoms with Crippen LogP contribution in [0.5, 0.6) is 0 Å². The van der Waals surface area contributed by atoms with Crippen molar-refractivity contribution in [2.75, 3.05) is 0 Å². The second-order valence-electron chi connectivity index (χ2n) is 5.94. The van der Waals surface area contributed by atoms with Crippen molar-refractivity contribution in [1.29, 1.82) is 0 Å². The normalized spacial score (nSPS) is 13.6. The molecule has 0 heterocycles. The predicted octanol–water partition coefficient (Wildman–Crippen LogP) is -2.64. The molecule has 0 aromatic carbocycles. The second kappa shape index (κ2) is 12.2. The summed E-state index contributed by atoms with van der Waals surface area (Å²) in [6.07, 6.45) is -2.10. The van der Waals surface area contributed by atoms with Gasteiger partial charge >= 0.3 is 17.9 Å². The van der Waals surface area contributed by atoms with E-state index >= 15 is 0 Å². The third-order valence-electron chi connectivity index (χ3n) is 3.58. The Kier molecular flexibility index (Phi) is 10.8. The van der Waals surface area contributed by atoms with Crippen LogP contribution in [0.2, 0.25) is 0 Å². The van der Waals surface area contributed by atoms with Gasteiger partial charge in [0, 0.05) is 19.3 Å². The van der Waals surface area contributed by atoms with E-state index in [-0.39, 0.29) is 25.7 Å². The highest BCUT2D eigenvalue weighted by molar-refractivity contribution is 5.92. The number of carboxylic acids is 3. The molecule has 0 rings (SSSR count). The predicted molar refractivity (Wildman–Crippen MR) is 91.6 cm³/mol. The summed E-state index contributed by atoms with van der Waals surface area (Å²) in [7, 11) is 0. The van der Waals surface area contributed by atoms with Gasteiger partial charge in [0.25, 0.3) is 0 Å². The minimum absolute atomic E-state index is 0.217. The Morgan fingerprint density at radius 3 is 1.64 bits per heavy atom. The summed E-state index contributed by atoms with van der Waals surface area (Å²) in [6, 6.07) is -4.17. The van der Waals surface area contributed by atoms with Crippen LogP contribution in [0.1, 0.15) is 38.5 Å². The number of primary amides is 1. The lowest BCUT2D eigenvalue weighted by Gasteiger charge is -2.22. The van der Waals surface area contributed by atoms with Crippen LogP contribution < -0.4 is 22.1 Å². The number of rotatable bonds is 14. The van der Waals surface area contributed by atoms with Gasteiger partial charge in [0.1, 0.15) is 12.1 Å². The van der Waals surface area contributed by atoms with E-state index in [2.05, 4.69) is 10.6 Å². The number of hydrogen-bond acceptors (Lipinski definition) is 7. The molecule has 3 unspecified atom stereocenters. The molecule has 13 nitrogen and oxygen atoms in total. The molecular weight excluding hydrogens is 380 g/mol. The first-order valence-electron chi connectivity index (χ1n) is 8.25. The van der Waals surface area contributed by atoms with Crippen LogP contribution in [-0.4, -0.2) is 69.1 Å². The van der Waals surface area contributed by atoms with Crippen LogP contribution in [0.4, 0.5) is 0 Å². The van der Waals surface area contributed by atoms with Crippen LogP contribution >= 0.6 is 0 Å². The van der Waals surface area contributed by atoms with E-state index in [9.17, 15) is 28.8 Å². The van der Waals surface area contributed by atoms with E-state index in [4.69, 9.17) is 26.8 Å². The van der Waals surface area contributed by atoms with Crippen molar-refractivity contribution in [1.82, 2.24) is 10.6 Å². The Morgan fingerprint density at radius 1 is 0.714 bits per heavy atom. The highest BCUT2D eigenvalue weighted by atomic mass is 16.4. The van der Waals surface area contributed by atoms with Crippen LogP contribution in [-0.2, 0) is 28.8 Å². The van der Waals surface area contributed by atoms with Gasteiger partial charge in [-0.05, 0) is 19.3 Å². The Bertz CT molecular complexity index is 623. The molecule has 0 aromatic heterocycles. The largest absolute Gasteiger partial charge is 0.481 e. The molecule has 0 radical (unpaired) electrons. The number of amides is 3. The van der Waals surface area contributed by atoms with Crippen molar-refractivity contribution in [3.05, 3.63) is 0 Å². The maximum Gasteiger partial charge on any atom is 0.326 e. The Labute approximate surface area is 159 Å². The van der Waals surface area contributed by atoms with Gasteiger partial charge in [-0.25, -0.2) is 4.79 Å². The zero-order chi connectivity index (χ0) is 21.9. The molecule has 3 amide bonds. The van der Waals surface area contributed by atoms with Gasteiger partial charge in [0.2, 0.25) is 17.7 Å². The summed E-state index contributed by atoms with van der Waals surface area (Å²) in [6.45, 7) is 0. The minimum atomic E-state index is -1.48. The molecule has 3 atom stereocenters. The molecule has 9 N–H and O–H groups in total. The van der Waals surface area contributed by atoms with Gasteiger partial charge in [0.15, 0.2) is 0 Å². The van der Waals surface area contributed by atoms with Crippen LogP contribution in [0, 0.1) is 0 Å². The molecule has 0 fully saturated rings. The van der Waals surface area contributed by atoms with Crippen molar-refractivity contribution in [3.63, 3.8) is 0 Å². The first-order chi connectivity index (χ1) is 12.9. The topological polar surface area (TPSA) is 239 Å². The van der Waals surface area contributed by atoms with Gasteiger partial charge < -0.3 is 37.4 Å². The molecule has 0 bridgehead atoms. The molecule has 13 heteroatoms. The fourth-order valence-electron chi connectivity index (χ4n) is 2.04. The van der Waals surface area contributed by atoms with E-state index in [1.165, 1.54) is 0 Å². The number of carbonyl (C=O) groups is 6. The molecular formula is C15H24N4O9. The third-order valence-corrected chi connectivity index (χ3v) is 3.58. The summed E-state index contributed by atoms with van der Waals surface area (Å²) >= 11 is 0. The quantitative estimate of drug-likeness (QED) is 0.159. The van der Waals surface area contributed by atoms with Crippen LogP contribution in [0.15, 0.2) is 0 Å². The minimum Gasteiger partial charge on any atom is -0.481 e. The molecule has 0 spiro atoms. The zero-order valence-corrected chi connectivity index (χ0v) is 14.9. The standard InChI is InChI=1S/C15H24N4O9/c16-7(1-5-11(21)22)13(25)18-8(3-6-12(23)24)14(26)19-9(15(27)28)2-4-10(17)20/h7-9H,1-6,16H2,(H2,17,20)(H,18,25)(H,19,26)(H,21,22)(H,23,24)(H,27,28). The van der Waals surface area contributed by atoms with Crippen molar-refractivity contribution < 1.29 is 44.1 Å². The Morgan fingerprint density at radius 2 is 1.18 bits per heavy atom. The third kappa shape index (κ3) is 10.7. The van der Waals surface area contributed by atoms with E-state index < -0.39 is 66.6 Å². The molecule has 0 aliphatic rings. The summed E-state index contributed by atoms with van der Waals surface area (Å²) in [5.74, 6) is -6.54. The SMILES string of the molecule is NC(=O)CCC(NC(=O)C(CCC(=O)O)NC(=O)C(N)CCC(=O)O)C(=O)O. The lowest BCUT2D eigenvalue weighted by Crippen LogP contribution is -2.54. The number of nitrogens with two attached hydrogens (primary N) is 2. The van der Waals surface area contributed by atoms with Crippen molar-refractivity contribution in [2.24, 2.45) is 11.5 Å². The van der Waals surface area contributed by atoms with Crippen molar-refractivity contribution in [3.8, 4) is 0 Å². The summed E-state index contributed by atoms with van der Waals surface area (Å²) in [5, 5.41) is 30.8. The van der Waals surface area contributed by atoms with E-state index in [0.717, 1.165) is 0 Å². The van der Waals surface area contributed by atoms with Crippen LogP contribution in [0.25, 0.3) is 0 Å². The number of carboxylic acid groups (broad SMARTS) is 3. The highest BCUT2D eigenvalue weighted by Gasteiger charge is 2.28. The van der Waals surface area contributed by atoms with Gasteiger partial charge in [-0.1, -0.05) is 0 Å². The Hall–Kier alpha value is -3.22. The monoisotopic (exact) mass is 404 g/mol. The fraction of sp³-hybridized carbons (Fsp3) is 0.600. The maximum absolute atomic E-state index is 12.3. The van der Waals surface area contributed by atoms with Gasteiger partial charge in [-0.15, -0.1) is 0 Å². The Balaban J connectivity index is 5.08. The number of nitrogens with one attached hydrogen (secondary N) is 2. The van der Waals surface area contributed by atoms with Crippen molar-refractivity contribution >= 4 is 35.6 Å². The molecule has 28 heavy (non-hydrogen) atoms. The summed E-state index contributed by atoms with van der Waals surface area (Å²) in [4.78, 5) is 67.6. The first-order valence-corrected chi connectivity index (χ1v) is 8.25. The molecule has 0 aliphatic carbocycles. The second-order valence-corrected chi connectivity index (χ2v) is 5.94. The molecule has 0 saturated carbocycles. The van der Waals surface area contributed by atoms with Gasteiger partial charge in [0.05, 0.1) is 6.04 Å². The lowest BCUT2D eigenvalue weighted by molar-refractivity contribution is -0.143. The van der Waals surface area contributed by atoms with Crippen molar-refractivity contribution in [2.45, 2.75) is 56.7 Å². The lowest BCUT2D eigenvalue weighted by atomic mass is 10.1. The average molecular weight is 404 g/mol. The van der Waals surface area contributed by atoms with Gasteiger partial charge in [-0.2, -0.15) is 0 Å². The number of hydrogen-bond donors (Lipinski definition) is 7. The summed E-state index contributed by atoms with van der Waals surface area (Å²) < 4.78 is 0. The smallest absolute Gasteiger partial charge is 0.326 e. The van der Waals surface area contributed by atoms with Gasteiger partial charge in [-0.3, -0.25) is 24.0 Å². The number of carbonyl (C=O) groups excluding carboxylic acids is 3. The molecule has 0 saturated heterocycles. The first kappa shape index (κ1) is 24.8. The zero-order valence-electron chi connectivity index (χ0n) is 14.9.